The third-order valence-corrected chi connectivity index (χ3v) is 4.37. The zero-order valence-electron chi connectivity index (χ0n) is 13.1. The molecular weight excluding hydrogens is 304 g/mol. The van der Waals surface area contributed by atoms with E-state index < -0.39 is 23.1 Å². The third kappa shape index (κ3) is 3.87. The first-order chi connectivity index (χ1) is 11.1. The Bertz CT molecular complexity index is 589. The lowest BCUT2D eigenvalue weighted by atomic mass is 10.0. The van der Waals surface area contributed by atoms with Gasteiger partial charge in [0.05, 0.1) is 12.6 Å². The minimum absolute atomic E-state index is 0.241. The van der Waals surface area contributed by atoms with Crippen LogP contribution in [0.5, 0.6) is 0 Å². The lowest BCUT2D eigenvalue weighted by Crippen LogP contribution is -2.50. The van der Waals surface area contributed by atoms with Crippen LogP contribution in [0.4, 0.5) is 8.78 Å². The molecule has 1 aliphatic heterocycles. The second kappa shape index (κ2) is 6.93. The van der Waals surface area contributed by atoms with Crippen LogP contribution in [0.3, 0.4) is 0 Å². The molecule has 1 heterocycles. The maximum Gasteiger partial charge on any atom is 0.257 e. The molecule has 1 aliphatic carbocycles. The average Bonchev–Trinajstić information content (AvgIpc) is 3.35. The van der Waals surface area contributed by atoms with E-state index in [1.165, 1.54) is 25.8 Å². The molecule has 2 atom stereocenters. The van der Waals surface area contributed by atoms with E-state index in [4.69, 9.17) is 9.47 Å². The molecule has 1 N–H and O–H groups in total. The van der Waals surface area contributed by atoms with E-state index in [9.17, 15) is 13.6 Å². The topological polar surface area (TPSA) is 47.6 Å². The Morgan fingerprint density at radius 2 is 2.13 bits per heavy atom. The normalized spacial score (nSPS) is 24.5. The summed E-state index contributed by atoms with van der Waals surface area (Å²) in [6.45, 7) is 3.03. The van der Waals surface area contributed by atoms with E-state index in [-0.39, 0.29) is 17.7 Å². The molecule has 0 bridgehead atoms. The summed E-state index contributed by atoms with van der Waals surface area (Å²) < 4.78 is 39.1. The quantitative estimate of drug-likeness (QED) is 0.905. The highest BCUT2D eigenvalue weighted by molar-refractivity contribution is 5.95. The molecule has 23 heavy (non-hydrogen) atoms. The van der Waals surface area contributed by atoms with Crippen LogP contribution in [0.25, 0.3) is 0 Å². The van der Waals surface area contributed by atoms with Crippen molar-refractivity contribution in [1.29, 1.82) is 0 Å². The smallest absolute Gasteiger partial charge is 0.257 e. The zero-order valence-corrected chi connectivity index (χ0v) is 13.1. The molecule has 1 saturated heterocycles. The van der Waals surface area contributed by atoms with Crippen LogP contribution in [-0.4, -0.2) is 37.9 Å². The highest BCUT2D eigenvalue weighted by Crippen LogP contribution is 2.30. The van der Waals surface area contributed by atoms with Crippen LogP contribution in [0, 0.1) is 24.5 Å². The first-order valence-electron chi connectivity index (χ1n) is 8.01. The van der Waals surface area contributed by atoms with E-state index in [0.29, 0.717) is 32.2 Å². The van der Waals surface area contributed by atoms with E-state index in [1.807, 2.05) is 0 Å². The molecule has 1 aromatic rings. The molecule has 0 radical (unpaired) electrons. The minimum Gasteiger partial charge on any atom is -0.379 e. The fraction of sp³-hybridized carbons (Fsp3) is 0.588. The van der Waals surface area contributed by atoms with Gasteiger partial charge in [0.2, 0.25) is 0 Å². The van der Waals surface area contributed by atoms with Gasteiger partial charge in [-0.25, -0.2) is 8.78 Å². The van der Waals surface area contributed by atoms with Gasteiger partial charge in [-0.3, -0.25) is 4.79 Å². The van der Waals surface area contributed by atoms with Crippen molar-refractivity contribution in [3.05, 3.63) is 34.9 Å². The van der Waals surface area contributed by atoms with E-state index >= 15 is 0 Å². The highest BCUT2D eigenvalue weighted by Gasteiger charge is 2.32. The number of hydrogen-bond donors (Lipinski definition) is 1. The number of hydrogen-bond acceptors (Lipinski definition) is 3. The predicted molar refractivity (Wildman–Crippen MR) is 80.2 cm³/mol. The number of amides is 1. The predicted octanol–water partition coefficient (Wildman–Crippen LogP) is 2.59. The second-order valence-electron chi connectivity index (χ2n) is 6.31. The van der Waals surface area contributed by atoms with Crippen molar-refractivity contribution in [2.45, 2.75) is 38.3 Å². The van der Waals surface area contributed by atoms with E-state index in [1.54, 1.807) is 0 Å². The van der Waals surface area contributed by atoms with Crippen molar-refractivity contribution in [3.63, 3.8) is 0 Å². The van der Waals surface area contributed by atoms with Crippen molar-refractivity contribution in [2.75, 3.05) is 19.8 Å². The number of benzene rings is 1. The Labute approximate surface area is 134 Å². The molecule has 2 aliphatic rings. The highest BCUT2D eigenvalue weighted by atomic mass is 19.1. The molecule has 0 spiro atoms. The van der Waals surface area contributed by atoms with Gasteiger partial charge in [-0.2, -0.15) is 0 Å². The summed E-state index contributed by atoms with van der Waals surface area (Å²) in [6.07, 6.45) is 2.63. The summed E-state index contributed by atoms with van der Waals surface area (Å²) >= 11 is 0. The van der Waals surface area contributed by atoms with Gasteiger partial charge in [-0.05, 0) is 43.7 Å². The summed E-state index contributed by atoms with van der Waals surface area (Å²) in [5.74, 6) is -1.81. The van der Waals surface area contributed by atoms with Gasteiger partial charge in [0.25, 0.3) is 5.91 Å². The zero-order chi connectivity index (χ0) is 16.4. The monoisotopic (exact) mass is 325 g/mol. The molecule has 1 aromatic carbocycles. The van der Waals surface area contributed by atoms with E-state index in [2.05, 4.69) is 5.32 Å². The van der Waals surface area contributed by atoms with Crippen molar-refractivity contribution < 1.29 is 23.0 Å². The molecular formula is C17H21F2NO3. The first kappa shape index (κ1) is 16.3. The SMILES string of the molecule is Cc1ccc(F)c(C(=O)N[C@@H]2CCOC[C@H]2OCC2CC2)c1F. The number of halogens is 2. The van der Waals surface area contributed by atoms with Crippen molar-refractivity contribution in [2.24, 2.45) is 5.92 Å². The molecule has 2 fully saturated rings. The summed E-state index contributed by atoms with van der Waals surface area (Å²) in [6, 6.07) is 2.13. The first-order valence-corrected chi connectivity index (χ1v) is 8.01. The summed E-state index contributed by atoms with van der Waals surface area (Å²) in [5.41, 5.74) is -0.289. The molecule has 0 unspecified atom stereocenters. The molecule has 1 saturated carbocycles. The standard InChI is InChI=1S/C17H21F2NO3/c1-10-2-5-12(18)15(16(10)19)17(21)20-13-6-7-22-9-14(13)23-8-11-3-4-11/h2,5,11,13-14H,3-4,6-9H2,1H3,(H,20,21)/t13-,14-/m1/s1. The van der Waals surface area contributed by atoms with Crippen molar-refractivity contribution in [3.8, 4) is 0 Å². The van der Waals surface area contributed by atoms with Gasteiger partial charge in [0, 0.05) is 13.2 Å². The van der Waals surface area contributed by atoms with Crippen LogP contribution in [-0.2, 0) is 9.47 Å². The Hall–Kier alpha value is -1.53. The van der Waals surface area contributed by atoms with E-state index in [0.717, 1.165) is 6.07 Å². The Morgan fingerprint density at radius 3 is 2.87 bits per heavy atom. The number of carbonyl (C=O) groups excluding carboxylic acids is 1. The lowest BCUT2D eigenvalue weighted by Gasteiger charge is -2.32. The summed E-state index contributed by atoms with van der Waals surface area (Å²) in [5, 5.41) is 2.71. The molecule has 3 rings (SSSR count). The van der Waals surface area contributed by atoms with Crippen LogP contribution in [0.15, 0.2) is 12.1 Å². The van der Waals surface area contributed by atoms with Crippen molar-refractivity contribution >= 4 is 5.91 Å². The van der Waals surface area contributed by atoms with Crippen LogP contribution < -0.4 is 5.32 Å². The van der Waals surface area contributed by atoms with Crippen molar-refractivity contribution in [1.82, 2.24) is 5.32 Å². The van der Waals surface area contributed by atoms with Crippen LogP contribution in [0.1, 0.15) is 35.2 Å². The van der Waals surface area contributed by atoms with Crippen LogP contribution in [0.2, 0.25) is 0 Å². The molecule has 0 aromatic heterocycles. The molecule has 126 valence electrons. The Morgan fingerprint density at radius 1 is 1.35 bits per heavy atom. The maximum atomic E-state index is 14.1. The molecule has 6 heteroatoms. The number of ether oxygens (including phenoxy) is 2. The largest absolute Gasteiger partial charge is 0.379 e. The Balaban J connectivity index is 1.68. The molecule has 4 nitrogen and oxygen atoms in total. The number of aryl methyl sites for hydroxylation is 1. The third-order valence-electron chi connectivity index (χ3n) is 4.37. The maximum absolute atomic E-state index is 14.1. The second-order valence-corrected chi connectivity index (χ2v) is 6.31. The fourth-order valence-electron chi connectivity index (χ4n) is 2.69. The Kier molecular flexibility index (Phi) is 4.92. The number of carbonyl (C=O) groups is 1. The fourth-order valence-corrected chi connectivity index (χ4v) is 2.69. The van der Waals surface area contributed by atoms with Crippen LogP contribution >= 0.6 is 0 Å². The number of nitrogens with one attached hydrogen (secondary N) is 1. The minimum atomic E-state index is -0.854. The van der Waals surface area contributed by atoms with Gasteiger partial charge in [0.15, 0.2) is 0 Å². The molecule has 1 amide bonds. The van der Waals surface area contributed by atoms with Gasteiger partial charge in [-0.1, -0.05) is 6.07 Å². The summed E-state index contributed by atoms with van der Waals surface area (Å²) in [4.78, 5) is 12.3. The average molecular weight is 325 g/mol. The number of rotatable bonds is 5. The lowest BCUT2D eigenvalue weighted by molar-refractivity contribution is -0.0697. The van der Waals surface area contributed by atoms with Gasteiger partial charge >= 0.3 is 0 Å². The van der Waals surface area contributed by atoms with Gasteiger partial charge < -0.3 is 14.8 Å². The summed E-state index contributed by atoms with van der Waals surface area (Å²) in [7, 11) is 0. The van der Waals surface area contributed by atoms with Gasteiger partial charge in [-0.15, -0.1) is 0 Å². The van der Waals surface area contributed by atoms with Gasteiger partial charge in [0.1, 0.15) is 23.3 Å².